The summed E-state index contributed by atoms with van der Waals surface area (Å²) >= 11 is 0. The van der Waals surface area contributed by atoms with Crippen LogP contribution in [-0.4, -0.2) is 55.5 Å². The van der Waals surface area contributed by atoms with E-state index in [0.717, 1.165) is 25.6 Å². The number of nitrogens with zero attached hydrogens (tertiary/aromatic N) is 3. The van der Waals surface area contributed by atoms with E-state index in [-0.39, 0.29) is 0 Å². The van der Waals surface area contributed by atoms with Crippen molar-refractivity contribution in [3.8, 4) is 0 Å². The molecule has 0 amide bonds. The number of nitrogens with two attached hydrogens (primary N) is 1. The molecule has 0 radical (unpaired) electrons. The average Bonchev–Trinajstić information content (AvgIpc) is 2.58. The lowest BCUT2D eigenvalue weighted by molar-refractivity contribution is 0.395. The summed E-state index contributed by atoms with van der Waals surface area (Å²) in [5, 5.41) is 0. The quantitative estimate of drug-likeness (QED) is 0.579. The molecule has 0 aromatic heterocycles. The highest BCUT2D eigenvalue weighted by Crippen LogP contribution is 2.15. The third kappa shape index (κ3) is 3.87. The summed E-state index contributed by atoms with van der Waals surface area (Å²) in [5.41, 5.74) is 6.09. The molecule has 2 heterocycles. The van der Waals surface area contributed by atoms with E-state index in [1.54, 1.807) is 0 Å². The van der Waals surface area contributed by atoms with Crippen molar-refractivity contribution in [3.63, 3.8) is 0 Å². The van der Waals surface area contributed by atoms with E-state index in [4.69, 9.17) is 5.73 Å². The second-order valence-corrected chi connectivity index (χ2v) is 5.52. The van der Waals surface area contributed by atoms with E-state index in [9.17, 15) is 0 Å². The molecule has 0 aromatic carbocycles. The molecular weight excluding hydrogens is 212 g/mol. The summed E-state index contributed by atoms with van der Waals surface area (Å²) in [6, 6.07) is 0. The number of rotatable bonds is 2. The maximum atomic E-state index is 6.09. The smallest absolute Gasteiger partial charge is 0.191 e. The van der Waals surface area contributed by atoms with Crippen LogP contribution in [0, 0.1) is 5.92 Å². The summed E-state index contributed by atoms with van der Waals surface area (Å²) < 4.78 is 0. The second-order valence-electron chi connectivity index (χ2n) is 5.52. The topological polar surface area (TPSA) is 44.9 Å². The highest BCUT2D eigenvalue weighted by molar-refractivity contribution is 5.78. The second kappa shape index (κ2) is 6.24. The van der Waals surface area contributed by atoms with Crippen LogP contribution in [0.25, 0.3) is 0 Å². The Kier molecular flexibility index (Phi) is 4.66. The number of likely N-dealkylation sites (tertiary alicyclic amines) is 2. The van der Waals surface area contributed by atoms with Gasteiger partial charge in [0.05, 0.1) is 0 Å². The van der Waals surface area contributed by atoms with Crippen LogP contribution in [0.15, 0.2) is 4.99 Å². The Hall–Kier alpha value is -0.770. The van der Waals surface area contributed by atoms with Crippen LogP contribution in [0.4, 0.5) is 0 Å². The summed E-state index contributed by atoms with van der Waals surface area (Å²) in [4.78, 5) is 9.25. The molecule has 4 nitrogen and oxygen atoms in total. The van der Waals surface area contributed by atoms with Gasteiger partial charge in [0.2, 0.25) is 0 Å². The van der Waals surface area contributed by atoms with E-state index < -0.39 is 0 Å². The summed E-state index contributed by atoms with van der Waals surface area (Å²) in [5.74, 6) is 1.49. The largest absolute Gasteiger partial charge is 0.370 e. The van der Waals surface area contributed by atoms with Gasteiger partial charge in [-0.1, -0.05) is 12.8 Å². The molecule has 0 aromatic rings. The van der Waals surface area contributed by atoms with Crippen molar-refractivity contribution >= 4 is 5.96 Å². The Balaban J connectivity index is 1.79. The van der Waals surface area contributed by atoms with Gasteiger partial charge in [-0.2, -0.15) is 0 Å². The predicted molar refractivity (Wildman–Crippen MR) is 72.1 cm³/mol. The molecule has 1 atom stereocenters. The molecule has 2 fully saturated rings. The highest BCUT2D eigenvalue weighted by Gasteiger charge is 2.19. The molecule has 2 N–H and O–H groups in total. The zero-order valence-corrected chi connectivity index (χ0v) is 11.1. The molecule has 98 valence electrons. The molecule has 1 unspecified atom stereocenters. The molecule has 4 heteroatoms. The lowest BCUT2D eigenvalue weighted by atomic mass is 10.1. The van der Waals surface area contributed by atoms with E-state index in [1.807, 2.05) is 0 Å². The van der Waals surface area contributed by atoms with E-state index in [0.29, 0.717) is 5.92 Å². The van der Waals surface area contributed by atoms with Crippen molar-refractivity contribution in [2.24, 2.45) is 16.6 Å². The third-order valence-corrected chi connectivity index (χ3v) is 3.93. The minimum Gasteiger partial charge on any atom is -0.370 e. The average molecular weight is 238 g/mol. The maximum Gasteiger partial charge on any atom is 0.191 e. The fourth-order valence-electron chi connectivity index (χ4n) is 2.80. The molecular formula is C13H26N4. The van der Waals surface area contributed by atoms with Gasteiger partial charge in [-0.3, -0.25) is 4.99 Å². The lowest BCUT2D eigenvalue weighted by Gasteiger charge is -2.21. The molecule has 0 saturated carbocycles. The van der Waals surface area contributed by atoms with Crippen LogP contribution >= 0.6 is 0 Å². The number of guanidine groups is 1. The fraction of sp³-hybridized carbons (Fsp3) is 0.923. The number of aliphatic imine (C=N–C) groups is 1. The number of hydrogen-bond donors (Lipinski definition) is 1. The predicted octanol–water partition coefficient (Wildman–Crippen LogP) is 1.13. The first-order chi connectivity index (χ1) is 8.25. The van der Waals surface area contributed by atoms with Gasteiger partial charge in [-0.25, -0.2) is 0 Å². The Morgan fingerprint density at radius 1 is 1.18 bits per heavy atom. The molecule has 2 aliphatic rings. The summed E-state index contributed by atoms with van der Waals surface area (Å²) in [6.45, 7) is 5.49. The zero-order valence-electron chi connectivity index (χ0n) is 11.1. The molecule has 17 heavy (non-hydrogen) atoms. The van der Waals surface area contributed by atoms with Crippen LogP contribution < -0.4 is 5.73 Å². The zero-order chi connectivity index (χ0) is 12.1. The minimum absolute atomic E-state index is 0.713. The van der Waals surface area contributed by atoms with Crippen molar-refractivity contribution in [2.45, 2.75) is 32.1 Å². The molecule has 2 aliphatic heterocycles. The van der Waals surface area contributed by atoms with Gasteiger partial charge in [-0.05, 0) is 38.8 Å². The first-order valence-electron chi connectivity index (χ1n) is 6.99. The molecule has 0 spiro atoms. The normalized spacial score (nSPS) is 28.4. The summed E-state index contributed by atoms with van der Waals surface area (Å²) in [6.07, 6.45) is 6.49. The summed E-state index contributed by atoms with van der Waals surface area (Å²) in [7, 11) is 2.18. The Bertz CT molecular complexity index is 256. The molecule has 0 aliphatic carbocycles. The minimum atomic E-state index is 0.713. The van der Waals surface area contributed by atoms with E-state index >= 15 is 0 Å². The first-order valence-corrected chi connectivity index (χ1v) is 6.99. The van der Waals surface area contributed by atoms with Gasteiger partial charge < -0.3 is 15.5 Å². The maximum absolute atomic E-state index is 6.09. The lowest BCUT2D eigenvalue weighted by Crippen LogP contribution is -2.38. The molecule has 2 rings (SSSR count). The van der Waals surface area contributed by atoms with Crippen molar-refractivity contribution < 1.29 is 0 Å². The van der Waals surface area contributed by atoms with Crippen molar-refractivity contribution in [1.29, 1.82) is 0 Å². The van der Waals surface area contributed by atoms with Crippen LogP contribution in [0.2, 0.25) is 0 Å². The number of hydrogen-bond acceptors (Lipinski definition) is 2. The molecule has 0 bridgehead atoms. The SMILES string of the molecule is CN1CCC(CN=C(N)N2CCCCCC2)C1. The van der Waals surface area contributed by atoms with Crippen LogP contribution in [0.5, 0.6) is 0 Å². The first kappa shape index (κ1) is 12.7. The molecule has 2 saturated heterocycles. The van der Waals surface area contributed by atoms with Gasteiger partial charge >= 0.3 is 0 Å². The Morgan fingerprint density at radius 3 is 2.47 bits per heavy atom. The monoisotopic (exact) mass is 238 g/mol. The van der Waals surface area contributed by atoms with Crippen LogP contribution in [0.1, 0.15) is 32.1 Å². The third-order valence-electron chi connectivity index (χ3n) is 3.93. The Labute approximate surface area is 105 Å². The fourth-order valence-corrected chi connectivity index (χ4v) is 2.80. The van der Waals surface area contributed by atoms with Crippen molar-refractivity contribution in [1.82, 2.24) is 9.80 Å². The van der Waals surface area contributed by atoms with Crippen molar-refractivity contribution in [3.05, 3.63) is 0 Å². The van der Waals surface area contributed by atoms with E-state index in [1.165, 1.54) is 45.2 Å². The van der Waals surface area contributed by atoms with Gasteiger partial charge in [0.25, 0.3) is 0 Å². The van der Waals surface area contributed by atoms with Crippen LogP contribution in [0.3, 0.4) is 0 Å². The highest BCUT2D eigenvalue weighted by atomic mass is 15.2. The van der Waals surface area contributed by atoms with Gasteiger partial charge in [0.15, 0.2) is 5.96 Å². The van der Waals surface area contributed by atoms with E-state index in [2.05, 4.69) is 21.8 Å². The van der Waals surface area contributed by atoms with Gasteiger partial charge in [0.1, 0.15) is 0 Å². The van der Waals surface area contributed by atoms with Crippen molar-refractivity contribution in [2.75, 3.05) is 39.8 Å². The van der Waals surface area contributed by atoms with Gasteiger partial charge in [0, 0.05) is 26.2 Å². The standard InChI is InChI=1S/C13H26N4/c1-16-9-6-12(11-16)10-15-13(14)17-7-4-2-3-5-8-17/h12H,2-11H2,1H3,(H2,14,15). The Morgan fingerprint density at radius 2 is 1.88 bits per heavy atom. The van der Waals surface area contributed by atoms with Crippen LogP contribution in [-0.2, 0) is 0 Å². The van der Waals surface area contributed by atoms with Gasteiger partial charge in [-0.15, -0.1) is 0 Å².